The van der Waals surface area contributed by atoms with Gasteiger partial charge in [0.2, 0.25) is 5.91 Å². The molecule has 3 rings (SSSR count). The number of hydrogen-bond acceptors (Lipinski definition) is 3. The zero-order valence-electron chi connectivity index (χ0n) is 15.8. The molecule has 0 unspecified atom stereocenters. The van der Waals surface area contributed by atoms with Gasteiger partial charge in [-0.2, -0.15) is 0 Å². The van der Waals surface area contributed by atoms with E-state index in [-0.39, 0.29) is 11.2 Å². The van der Waals surface area contributed by atoms with E-state index in [0.717, 1.165) is 17.9 Å². The number of thioether (sulfide) groups is 1. The maximum atomic E-state index is 12.7. The summed E-state index contributed by atoms with van der Waals surface area (Å²) >= 11 is 7.54. The van der Waals surface area contributed by atoms with Gasteiger partial charge in [-0.1, -0.05) is 42.8 Å². The van der Waals surface area contributed by atoms with Crippen molar-refractivity contribution in [2.24, 2.45) is 0 Å². The number of carbonyl (C=O) groups excluding carboxylic acids is 1. The van der Waals surface area contributed by atoms with Crippen molar-refractivity contribution in [3.05, 3.63) is 64.7 Å². The monoisotopic (exact) mass is 402 g/mol. The van der Waals surface area contributed by atoms with Gasteiger partial charge in [0.25, 0.3) is 0 Å². The average Bonchev–Trinajstić information content (AvgIpc) is 3.19. The summed E-state index contributed by atoms with van der Waals surface area (Å²) in [5.74, 6) is 0.0911. The van der Waals surface area contributed by atoms with E-state index in [1.165, 1.54) is 37.1 Å². The molecule has 3 nitrogen and oxygen atoms in total. The second-order valence-electron chi connectivity index (χ2n) is 6.94. The predicted octanol–water partition coefficient (Wildman–Crippen LogP) is 5.12. The van der Waals surface area contributed by atoms with Crippen molar-refractivity contribution in [1.82, 2.24) is 10.2 Å². The van der Waals surface area contributed by atoms with Crippen LogP contribution >= 0.6 is 23.4 Å². The molecule has 1 aliphatic heterocycles. The first kappa shape index (κ1) is 20.2. The zero-order chi connectivity index (χ0) is 19.1. The lowest BCUT2D eigenvalue weighted by atomic mass is 10.1. The molecular weight excluding hydrogens is 376 g/mol. The van der Waals surface area contributed by atoms with Crippen LogP contribution in [-0.4, -0.2) is 29.1 Å². The lowest BCUT2D eigenvalue weighted by Gasteiger charge is -2.19. The van der Waals surface area contributed by atoms with E-state index in [1.54, 1.807) is 11.8 Å². The fraction of sp³-hybridized carbons (Fsp3) is 0.409. The first-order chi connectivity index (χ1) is 13.2. The van der Waals surface area contributed by atoms with Crippen LogP contribution in [0.25, 0.3) is 0 Å². The molecular formula is C22H27ClN2OS. The molecule has 1 heterocycles. The van der Waals surface area contributed by atoms with Crippen LogP contribution in [0.4, 0.5) is 0 Å². The van der Waals surface area contributed by atoms with E-state index >= 15 is 0 Å². The molecule has 1 saturated heterocycles. The van der Waals surface area contributed by atoms with Gasteiger partial charge in [-0.25, -0.2) is 0 Å². The highest BCUT2D eigenvalue weighted by molar-refractivity contribution is 8.00. The molecule has 144 valence electrons. The summed E-state index contributed by atoms with van der Waals surface area (Å²) in [5.41, 5.74) is 2.53. The first-order valence-corrected chi connectivity index (χ1v) is 10.9. The molecule has 0 radical (unpaired) electrons. The third-order valence-corrected chi connectivity index (χ3v) is 6.55. The van der Waals surface area contributed by atoms with Crippen LogP contribution in [-0.2, 0) is 17.9 Å². The Balaban J connectivity index is 1.58. The zero-order valence-corrected chi connectivity index (χ0v) is 17.4. The summed E-state index contributed by atoms with van der Waals surface area (Å²) in [6.07, 6.45) is 3.37. The number of likely N-dealkylation sites (tertiary alicyclic amines) is 1. The summed E-state index contributed by atoms with van der Waals surface area (Å²) in [5, 5.41) is 3.76. The van der Waals surface area contributed by atoms with E-state index < -0.39 is 0 Å². The van der Waals surface area contributed by atoms with Crippen LogP contribution < -0.4 is 5.32 Å². The van der Waals surface area contributed by atoms with Gasteiger partial charge in [-0.05, 0) is 67.7 Å². The summed E-state index contributed by atoms with van der Waals surface area (Å²) in [4.78, 5) is 16.3. The van der Waals surface area contributed by atoms with Crippen molar-refractivity contribution in [1.29, 1.82) is 0 Å². The topological polar surface area (TPSA) is 32.3 Å². The Morgan fingerprint density at radius 3 is 2.44 bits per heavy atom. The Morgan fingerprint density at radius 1 is 1.11 bits per heavy atom. The summed E-state index contributed by atoms with van der Waals surface area (Å²) < 4.78 is 0. The lowest BCUT2D eigenvalue weighted by Crippen LogP contribution is -2.32. The molecule has 2 aromatic carbocycles. The molecule has 0 spiro atoms. The number of rotatable bonds is 8. The molecule has 0 bridgehead atoms. The minimum Gasteiger partial charge on any atom is -0.351 e. The Morgan fingerprint density at radius 2 is 1.78 bits per heavy atom. The van der Waals surface area contributed by atoms with Crippen molar-refractivity contribution in [2.75, 3.05) is 13.1 Å². The SMILES string of the molecule is CC[C@H](Sc1ccc(Cl)cc1)C(=O)NCc1ccccc1CN1CCCC1. The summed E-state index contributed by atoms with van der Waals surface area (Å²) in [6, 6.07) is 16.1. The molecule has 0 saturated carbocycles. The molecule has 1 amide bonds. The predicted molar refractivity (Wildman–Crippen MR) is 114 cm³/mol. The van der Waals surface area contributed by atoms with Gasteiger partial charge in [0.15, 0.2) is 0 Å². The van der Waals surface area contributed by atoms with E-state index in [1.807, 2.05) is 24.3 Å². The Kier molecular flexibility index (Phi) is 7.62. The number of benzene rings is 2. The number of amides is 1. The van der Waals surface area contributed by atoms with Crippen LogP contribution in [0.2, 0.25) is 5.02 Å². The molecule has 1 aliphatic rings. The van der Waals surface area contributed by atoms with E-state index in [2.05, 4.69) is 41.4 Å². The average molecular weight is 403 g/mol. The maximum absolute atomic E-state index is 12.7. The minimum atomic E-state index is -0.100. The fourth-order valence-electron chi connectivity index (χ4n) is 3.36. The van der Waals surface area contributed by atoms with Crippen LogP contribution in [0.1, 0.15) is 37.3 Å². The third kappa shape index (κ3) is 6.00. The number of halogens is 1. The van der Waals surface area contributed by atoms with Gasteiger partial charge in [0.1, 0.15) is 0 Å². The minimum absolute atomic E-state index is 0.0911. The lowest BCUT2D eigenvalue weighted by molar-refractivity contribution is -0.120. The molecule has 0 aromatic heterocycles. The van der Waals surface area contributed by atoms with Crippen molar-refractivity contribution in [3.63, 3.8) is 0 Å². The van der Waals surface area contributed by atoms with Crippen LogP contribution in [0.3, 0.4) is 0 Å². The highest BCUT2D eigenvalue weighted by atomic mass is 35.5. The van der Waals surface area contributed by atoms with Crippen molar-refractivity contribution in [2.45, 2.75) is 49.4 Å². The molecule has 2 aromatic rings. The van der Waals surface area contributed by atoms with E-state index in [0.29, 0.717) is 11.6 Å². The van der Waals surface area contributed by atoms with Crippen LogP contribution in [0, 0.1) is 0 Å². The number of nitrogens with one attached hydrogen (secondary N) is 1. The largest absolute Gasteiger partial charge is 0.351 e. The standard InChI is InChI=1S/C22H27ClN2OS/c1-2-21(27-20-11-9-19(23)10-12-20)22(26)24-15-17-7-3-4-8-18(17)16-25-13-5-6-14-25/h3-4,7-12,21H,2,5-6,13-16H2,1H3,(H,24,26)/t21-/m0/s1. The number of nitrogens with zero attached hydrogens (tertiary/aromatic N) is 1. The highest BCUT2D eigenvalue weighted by Gasteiger charge is 2.18. The van der Waals surface area contributed by atoms with E-state index in [9.17, 15) is 4.79 Å². The van der Waals surface area contributed by atoms with Crippen molar-refractivity contribution >= 4 is 29.3 Å². The van der Waals surface area contributed by atoms with Crippen molar-refractivity contribution in [3.8, 4) is 0 Å². The van der Waals surface area contributed by atoms with Crippen LogP contribution in [0.5, 0.6) is 0 Å². The van der Waals surface area contributed by atoms with Crippen LogP contribution in [0.15, 0.2) is 53.4 Å². The Labute approximate surface area is 171 Å². The smallest absolute Gasteiger partial charge is 0.233 e. The Hall–Kier alpha value is -1.49. The van der Waals surface area contributed by atoms with Gasteiger partial charge in [-0.15, -0.1) is 11.8 Å². The first-order valence-electron chi connectivity index (χ1n) is 9.65. The quantitative estimate of drug-likeness (QED) is 0.621. The van der Waals surface area contributed by atoms with Gasteiger partial charge >= 0.3 is 0 Å². The highest BCUT2D eigenvalue weighted by Crippen LogP contribution is 2.27. The Bertz CT molecular complexity index is 744. The molecule has 1 N–H and O–H groups in total. The number of carbonyl (C=O) groups is 1. The van der Waals surface area contributed by atoms with Crippen molar-refractivity contribution < 1.29 is 4.79 Å². The second kappa shape index (κ2) is 10.2. The fourth-order valence-corrected chi connectivity index (χ4v) is 4.47. The summed E-state index contributed by atoms with van der Waals surface area (Å²) in [6.45, 7) is 5.96. The van der Waals surface area contributed by atoms with Gasteiger partial charge < -0.3 is 5.32 Å². The number of hydrogen-bond donors (Lipinski definition) is 1. The van der Waals surface area contributed by atoms with Gasteiger partial charge in [0, 0.05) is 23.0 Å². The second-order valence-corrected chi connectivity index (χ2v) is 8.65. The van der Waals surface area contributed by atoms with E-state index in [4.69, 9.17) is 11.6 Å². The molecule has 5 heteroatoms. The van der Waals surface area contributed by atoms with Gasteiger partial charge in [-0.3, -0.25) is 9.69 Å². The van der Waals surface area contributed by atoms with Gasteiger partial charge in [0.05, 0.1) is 5.25 Å². The molecule has 1 atom stereocenters. The molecule has 1 fully saturated rings. The third-order valence-electron chi connectivity index (χ3n) is 4.92. The molecule has 0 aliphatic carbocycles. The normalized spacial score (nSPS) is 15.6. The molecule has 27 heavy (non-hydrogen) atoms. The summed E-state index contributed by atoms with van der Waals surface area (Å²) in [7, 11) is 0. The maximum Gasteiger partial charge on any atom is 0.233 e.